The van der Waals surface area contributed by atoms with E-state index in [1.807, 2.05) is 31.2 Å². The van der Waals surface area contributed by atoms with Gasteiger partial charge in [0.25, 0.3) is 11.8 Å². The maximum atomic E-state index is 13.4. The molecule has 0 aliphatic carbocycles. The first-order chi connectivity index (χ1) is 14.0. The van der Waals surface area contributed by atoms with Crippen LogP contribution < -0.4 is 4.90 Å². The second kappa shape index (κ2) is 6.25. The standard InChI is InChI=1S/C22H15ClN4O2/c1-12-3-9-15(10-4-12)27-21(28)16-11-24-20-18(17(16)22(27)29)19(25-26(20)2)13-5-7-14(23)8-6-13/h3-11H,1-2H3. The zero-order valence-electron chi connectivity index (χ0n) is 15.7. The van der Waals surface area contributed by atoms with Gasteiger partial charge in [-0.2, -0.15) is 5.10 Å². The van der Waals surface area contributed by atoms with E-state index in [0.29, 0.717) is 33.0 Å². The Kier molecular flexibility index (Phi) is 3.79. The second-order valence-electron chi connectivity index (χ2n) is 7.01. The molecule has 142 valence electrons. The summed E-state index contributed by atoms with van der Waals surface area (Å²) < 4.78 is 1.62. The quantitative estimate of drug-likeness (QED) is 0.466. The molecule has 4 aromatic rings. The number of aryl methyl sites for hydroxylation is 2. The predicted octanol–water partition coefficient (Wildman–Crippen LogP) is 4.40. The molecule has 6 nitrogen and oxygen atoms in total. The number of aromatic nitrogens is 3. The van der Waals surface area contributed by atoms with Crippen molar-refractivity contribution < 1.29 is 9.59 Å². The van der Waals surface area contributed by atoms with Gasteiger partial charge in [0.2, 0.25) is 0 Å². The molecule has 2 amide bonds. The number of anilines is 1. The van der Waals surface area contributed by atoms with Gasteiger partial charge < -0.3 is 0 Å². The summed E-state index contributed by atoms with van der Waals surface area (Å²) in [6, 6.07) is 14.5. The van der Waals surface area contributed by atoms with Crippen LogP contribution in [0.1, 0.15) is 26.3 Å². The highest BCUT2D eigenvalue weighted by atomic mass is 35.5. The molecular weight excluding hydrogens is 388 g/mol. The molecule has 1 aliphatic heterocycles. The minimum atomic E-state index is -0.380. The molecule has 29 heavy (non-hydrogen) atoms. The Labute approximate surface area is 171 Å². The highest BCUT2D eigenvalue weighted by molar-refractivity contribution is 6.38. The molecule has 0 saturated carbocycles. The highest BCUT2D eigenvalue weighted by Gasteiger charge is 2.40. The molecule has 2 aromatic carbocycles. The summed E-state index contributed by atoms with van der Waals surface area (Å²) in [4.78, 5) is 32.0. The van der Waals surface area contributed by atoms with Gasteiger partial charge in [0.1, 0.15) is 5.69 Å². The lowest BCUT2D eigenvalue weighted by Crippen LogP contribution is -2.29. The minimum Gasteiger partial charge on any atom is -0.268 e. The van der Waals surface area contributed by atoms with Crippen molar-refractivity contribution in [3.8, 4) is 11.3 Å². The molecule has 0 unspecified atom stereocenters. The fraction of sp³-hybridized carbons (Fsp3) is 0.0909. The average molecular weight is 403 g/mol. The molecule has 0 radical (unpaired) electrons. The van der Waals surface area contributed by atoms with Gasteiger partial charge in [0.05, 0.1) is 22.2 Å². The van der Waals surface area contributed by atoms with Crippen LogP contribution in [0.3, 0.4) is 0 Å². The van der Waals surface area contributed by atoms with Gasteiger partial charge in [0.15, 0.2) is 5.65 Å². The van der Waals surface area contributed by atoms with Crippen molar-refractivity contribution in [2.45, 2.75) is 6.92 Å². The maximum Gasteiger partial charge on any atom is 0.267 e. The highest BCUT2D eigenvalue weighted by Crippen LogP contribution is 2.37. The number of carbonyl (C=O) groups excluding carboxylic acids is 2. The van der Waals surface area contributed by atoms with Gasteiger partial charge in [-0.3, -0.25) is 9.59 Å². The summed E-state index contributed by atoms with van der Waals surface area (Å²) in [6.45, 7) is 1.95. The van der Waals surface area contributed by atoms with Crippen molar-refractivity contribution in [1.82, 2.24) is 14.8 Å². The normalized spacial score (nSPS) is 13.4. The van der Waals surface area contributed by atoms with Crippen LogP contribution in [0.15, 0.2) is 54.7 Å². The number of nitrogens with zero attached hydrogens (tertiary/aromatic N) is 4. The number of pyridine rings is 1. The Bertz CT molecular complexity index is 1310. The molecule has 2 aromatic heterocycles. The van der Waals surface area contributed by atoms with Crippen molar-refractivity contribution >= 4 is 40.1 Å². The summed E-state index contributed by atoms with van der Waals surface area (Å²) in [6.07, 6.45) is 1.46. The lowest BCUT2D eigenvalue weighted by Gasteiger charge is -2.13. The Morgan fingerprint density at radius 2 is 1.62 bits per heavy atom. The van der Waals surface area contributed by atoms with Gasteiger partial charge >= 0.3 is 0 Å². The summed E-state index contributed by atoms with van der Waals surface area (Å²) in [5.74, 6) is -0.751. The van der Waals surface area contributed by atoms with E-state index in [0.717, 1.165) is 11.1 Å². The fourth-order valence-corrected chi connectivity index (χ4v) is 3.79. The van der Waals surface area contributed by atoms with Crippen LogP contribution in [0, 0.1) is 6.92 Å². The van der Waals surface area contributed by atoms with E-state index in [1.54, 1.807) is 36.0 Å². The van der Waals surface area contributed by atoms with E-state index in [9.17, 15) is 9.59 Å². The second-order valence-corrected chi connectivity index (χ2v) is 7.44. The van der Waals surface area contributed by atoms with Crippen LogP contribution in [0.2, 0.25) is 5.02 Å². The van der Waals surface area contributed by atoms with Crippen LogP contribution in [0.5, 0.6) is 0 Å². The van der Waals surface area contributed by atoms with Gasteiger partial charge in [-0.15, -0.1) is 0 Å². The van der Waals surface area contributed by atoms with Crippen molar-refractivity contribution in [3.63, 3.8) is 0 Å². The lowest BCUT2D eigenvalue weighted by atomic mass is 10.0. The van der Waals surface area contributed by atoms with Gasteiger partial charge in [-0.1, -0.05) is 41.4 Å². The molecule has 0 saturated heterocycles. The van der Waals surface area contributed by atoms with E-state index < -0.39 is 0 Å². The smallest absolute Gasteiger partial charge is 0.267 e. The summed E-state index contributed by atoms with van der Waals surface area (Å²) in [5.41, 5.74) is 4.13. The zero-order valence-corrected chi connectivity index (χ0v) is 16.4. The summed E-state index contributed by atoms with van der Waals surface area (Å²) >= 11 is 6.01. The van der Waals surface area contributed by atoms with Crippen LogP contribution in [-0.2, 0) is 7.05 Å². The first kappa shape index (κ1) is 17.6. The number of amides is 2. The number of imide groups is 1. The van der Waals surface area contributed by atoms with Crippen molar-refractivity contribution in [2.24, 2.45) is 7.05 Å². The molecule has 0 N–H and O–H groups in total. The maximum absolute atomic E-state index is 13.4. The first-order valence-corrected chi connectivity index (χ1v) is 9.40. The van der Waals surface area contributed by atoms with Gasteiger partial charge in [-0.05, 0) is 31.2 Å². The number of halogens is 1. The van der Waals surface area contributed by atoms with E-state index >= 15 is 0 Å². The van der Waals surface area contributed by atoms with Crippen molar-refractivity contribution in [1.29, 1.82) is 0 Å². The molecule has 5 rings (SSSR count). The van der Waals surface area contributed by atoms with Crippen LogP contribution >= 0.6 is 11.6 Å². The topological polar surface area (TPSA) is 68.1 Å². The largest absolute Gasteiger partial charge is 0.268 e. The fourth-order valence-electron chi connectivity index (χ4n) is 3.67. The van der Waals surface area contributed by atoms with Crippen LogP contribution in [-0.4, -0.2) is 26.6 Å². The number of carbonyl (C=O) groups is 2. The molecule has 0 bridgehead atoms. The van der Waals surface area contributed by atoms with Gasteiger partial charge in [-0.25, -0.2) is 14.6 Å². The third-order valence-electron chi connectivity index (χ3n) is 5.11. The monoisotopic (exact) mass is 402 g/mol. The number of hydrogen-bond acceptors (Lipinski definition) is 4. The SMILES string of the molecule is Cc1ccc(N2C(=O)c3cnc4c(c(-c5ccc(Cl)cc5)nn4C)c3C2=O)cc1. The van der Waals surface area contributed by atoms with Crippen molar-refractivity contribution in [2.75, 3.05) is 4.90 Å². The number of hydrogen-bond donors (Lipinski definition) is 0. The number of fused-ring (bicyclic) bond motifs is 3. The third-order valence-corrected chi connectivity index (χ3v) is 5.36. The Morgan fingerprint density at radius 3 is 2.31 bits per heavy atom. The number of rotatable bonds is 2. The summed E-state index contributed by atoms with van der Waals surface area (Å²) in [5, 5.41) is 5.74. The number of benzene rings is 2. The summed E-state index contributed by atoms with van der Waals surface area (Å²) in [7, 11) is 1.76. The van der Waals surface area contributed by atoms with E-state index in [2.05, 4.69) is 10.1 Å². The van der Waals surface area contributed by atoms with Crippen LogP contribution in [0.4, 0.5) is 5.69 Å². The molecule has 1 aliphatic rings. The first-order valence-electron chi connectivity index (χ1n) is 9.03. The molecule has 0 fully saturated rings. The van der Waals surface area contributed by atoms with Crippen molar-refractivity contribution in [3.05, 3.63) is 76.4 Å². The average Bonchev–Trinajstić information content (AvgIpc) is 3.18. The molecule has 0 spiro atoms. The predicted molar refractivity (Wildman–Crippen MR) is 111 cm³/mol. The molecule has 0 atom stereocenters. The molecule has 7 heteroatoms. The third kappa shape index (κ3) is 2.57. The Balaban J connectivity index is 1.75. The Hall–Kier alpha value is -3.51. The van der Waals surface area contributed by atoms with Crippen LogP contribution in [0.25, 0.3) is 22.3 Å². The molecule has 3 heterocycles. The minimum absolute atomic E-state index is 0.284. The van der Waals surface area contributed by atoms with E-state index in [1.165, 1.54) is 11.1 Å². The van der Waals surface area contributed by atoms with Gasteiger partial charge in [0, 0.05) is 23.8 Å². The lowest BCUT2D eigenvalue weighted by molar-refractivity contribution is 0.0926. The van der Waals surface area contributed by atoms with E-state index in [-0.39, 0.29) is 17.4 Å². The van der Waals surface area contributed by atoms with E-state index in [4.69, 9.17) is 11.6 Å². The Morgan fingerprint density at radius 1 is 0.931 bits per heavy atom. The molecular formula is C22H15ClN4O2. The zero-order chi connectivity index (χ0) is 20.3.